The van der Waals surface area contributed by atoms with Crippen LogP contribution in [0.5, 0.6) is 23.0 Å². The van der Waals surface area contributed by atoms with Crippen LogP contribution in [0, 0.1) is 0 Å². The van der Waals surface area contributed by atoms with Crippen molar-refractivity contribution in [3.63, 3.8) is 0 Å². The zero-order valence-corrected chi connectivity index (χ0v) is 14.1. The van der Waals surface area contributed by atoms with Crippen LogP contribution in [0.15, 0.2) is 42.5 Å². The fourth-order valence-corrected chi connectivity index (χ4v) is 2.14. The van der Waals surface area contributed by atoms with Crippen LogP contribution in [0.4, 0.5) is 0 Å². The van der Waals surface area contributed by atoms with Gasteiger partial charge in [-0.1, -0.05) is 12.1 Å². The molecule has 0 spiro atoms. The van der Waals surface area contributed by atoms with Gasteiger partial charge < -0.3 is 35.8 Å². The standard InChI is InChI=1S/C18H22N2O6/c19-18(24)14-9-13(5-6-15(14)22)25-8-7-20-10-12(21)11-26-17-4-2-1-3-16(17)23/h1-6,9,12,20-23H,7-8,10-11H2,(H2,19,24). The first-order valence-corrected chi connectivity index (χ1v) is 8.02. The summed E-state index contributed by atoms with van der Waals surface area (Å²) in [5.74, 6) is -0.200. The first kappa shape index (κ1) is 19.4. The second-order valence-electron chi connectivity index (χ2n) is 5.53. The number of primary amides is 1. The Kier molecular flexibility index (Phi) is 7.07. The molecule has 0 aliphatic carbocycles. The average Bonchev–Trinajstić information content (AvgIpc) is 2.61. The molecule has 2 aromatic rings. The van der Waals surface area contributed by atoms with Gasteiger partial charge in [-0.3, -0.25) is 4.79 Å². The van der Waals surface area contributed by atoms with E-state index in [0.717, 1.165) is 0 Å². The largest absolute Gasteiger partial charge is 0.507 e. The van der Waals surface area contributed by atoms with E-state index < -0.39 is 12.0 Å². The number of hydrogen-bond acceptors (Lipinski definition) is 7. The van der Waals surface area contributed by atoms with E-state index in [2.05, 4.69) is 5.32 Å². The molecule has 8 nitrogen and oxygen atoms in total. The zero-order valence-electron chi connectivity index (χ0n) is 14.1. The number of phenols is 2. The van der Waals surface area contributed by atoms with Gasteiger partial charge in [-0.25, -0.2) is 0 Å². The summed E-state index contributed by atoms with van der Waals surface area (Å²) in [5, 5.41) is 31.9. The monoisotopic (exact) mass is 362 g/mol. The fourth-order valence-electron chi connectivity index (χ4n) is 2.14. The molecular formula is C18H22N2O6. The molecule has 0 radical (unpaired) electrons. The highest BCUT2D eigenvalue weighted by Crippen LogP contribution is 2.24. The smallest absolute Gasteiger partial charge is 0.252 e. The second-order valence-corrected chi connectivity index (χ2v) is 5.53. The van der Waals surface area contributed by atoms with Gasteiger partial charge in [-0.05, 0) is 30.3 Å². The van der Waals surface area contributed by atoms with Crippen molar-refractivity contribution in [2.24, 2.45) is 5.73 Å². The summed E-state index contributed by atoms with van der Waals surface area (Å²) in [5.41, 5.74) is 5.14. The number of para-hydroxylation sites is 2. The van der Waals surface area contributed by atoms with E-state index in [-0.39, 0.29) is 36.8 Å². The molecule has 0 heterocycles. The number of nitrogens with one attached hydrogen (secondary N) is 1. The number of aromatic hydroxyl groups is 2. The SMILES string of the molecule is NC(=O)c1cc(OCCNCC(O)COc2ccccc2O)ccc1O. The van der Waals surface area contributed by atoms with Gasteiger partial charge in [0.05, 0.1) is 5.56 Å². The van der Waals surface area contributed by atoms with Gasteiger partial charge in [0.15, 0.2) is 11.5 Å². The number of aliphatic hydroxyl groups is 1. The molecule has 0 fully saturated rings. The molecule has 1 unspecified atom stereocenters. The Bertz CT molecular complexity index is 737. The fraction of sp³-hybridized carbons (Fsp3) is 0.278. The molecule has 0 aliphatic rings. The number of carbonyl (C=O) groups excluding carboxylic acids is 1. The second kappa shape index (κ2) is 9.50. The normalized spacial score (nSPS) is 11.7. The lowest BCUT2D eigenvalue weighted by molar-refractivity contribution is 0.0996. The van der Waals surface area contributed by atoms with Crippen molar-refractivity contribution in [2.75, 3.05) is 26.3 Å². The topological polar surface area (TPSA) is 134 Å². The van der Waals surface area contributed by atoms with Crippen molar-refractivity contribution in [1.82, 2.24) is 5.32 Å². The Morgan fingerprint density at radius 3 is 2.62 bits per heavy atom. The minimum Gasteiger partial charge on any atom is -0.507 e. The van der Waals surface area contributed by atoms with Crippen LogP contribution < -0.4 is 20.5 Å². The van der Waals surface area contributed by atoms with Crippen molar-refractivity contribution in [2.45, 2.75) is 6.10 Å². The van der Waals surface area contributed by atoms with Gasteiger partial charge in [0, 0.05) is 13.1 Å². The molecule has 8 heteroatoms. The first-order chi connectivity index (χ1) is 12.5. The van der Waals surface area contributed by atoms with Crippen molar-refractivity contribution in [3.8, 4) is 23.0 Å². The van der Waals surface area contributed by atoms with E-state index in [9.17, 15) is 20.1 Å². The molecule has 0 aliphatic heterocycles. The van der Waals surface area contributed by atoms with Crippen LogP contribution in [0.2, 0.25) is 0 Å². The van der Waals surface area contributed by atoms with Crippen molar-refractivity contribution < 1.29 is 29.6 Å². The van der Waals surface area contributed by atoms with E-state index >= 15 is 0 Å². The predicted molar refractivity (Wildman–Crippen MR) is 94.6 cm³/mol. The number of ether oxygens (including phenoxy) is 2. The Labute approximate surface area is 150 Å². The minimum absolute atomic E-state index is 0.00723. The maximum absolute atomic E-state index is 11.1. The van der Waals surface area contributed by atoms with Gasteiger partial charge in [0.25, 0.3) is 5.91 Å². The van der Waals surface area contributed by atoms with Crippen molar-refractivity contribution in [3.05, 3.63) is 48.0 Å². The van der Waals surface area contributed by atoms with E-state index in [1.165, 1.54) is 24.3 Å². The Morgan fingerprint density at radius 2 is 1.88 bits per heavy atom. The van der Waals surface area contributed by atoms with Crippen LogP contribution in [0.1, 0.15) is 10.4 Å². The number of rotatable bonds is 10. The lowest BCUT2D eigenvalue weighted by atomic mass is 10.2. The maximum Gasteiger partial charge on any atom is 0.252 e. The quantitative estimate of drug-likeness (QED) is 0.391. The van der Waals surface area contributed by atoms with Gasteiger partial charge in [-0.2, -0.15) is 0 Å². The third-order valence-corrected chi connectivity index (χ3v) is 3.46. The Balaban J connectivity index is 1.65. The van der Waals surface area contributed by atoms with Crippen LogP contribution in [0.3, 0.4) is 0 Å². The summed E-state index contributed by atoms with van der Waals surface area (Å²) in [6.45, 7) is 1.04. The van der Waals surface area contributed by atoms with Crippen molar-refractivity contribution in [1.29, 1.82) is 0 Å². The Morgan fingerprint density at radius 1 is 1.12 bits per heavy atom. The van der Waals surface area contributed by atoms with E-state index in [1.54, 1.807) is 18.2 Å². The highest BCUT2D eigenvalue weighted by Gasteiger charge is 2.09. The Hall–Kier alpha value is -2.97. The number of aliphatic hydroxyl groups excluding tert-OH is 1. The summed E-state index contributed by atoms with van der Waals surface area (Å²) < 4.78 is 10.8. The molecule has 140 valence electrons. The number of phenolic OH excluding ortho intramolecular Hbond substituents is 1. The van der Waals surface area contributed by atoms with E-state index in [1.807, 2.05) is 0 Å². The molecule has 0 saturated carbocycles. The summed E-state index contributed by atoms with van der Waals surface area (Å²) in [4.78, 5) is 11.1. The van der Waals surface area contributed by atoms with E-state index in [0.29, 0.717) is 18.0 Å². The number of hydrogen-bond donors (Lipinski definition) is 5. The number of amides is 1. The molecule has 2 rings (SSSR count). The molecule has 26 heavy (non-hydrogen) atoms. The van der Waals surface area contributed by atoms with Crippen LogP contribution in [-0.4, -0.2) is 53.6 Å². The lowest BCUT2D eigenvalue weighted by Gasteiger charge is -2.14. The van der Waals surface area contributed by atoms with Crippen LogP contribution in [0.25, 0.3) is 0 Å². The van der Waals surface area contributed by atoms with Crippen LogP contribution >= 0.6 is 0 Å². The molecule has 0 saturated heterocycles. The molecule has 1 atom stereocenters. The zero-order chi connectivity index (χ0) is 18.9. The summed E-state index contributed by atoms with van der Waals surface area (Å²) >= 11 is 0. The third-order valence-electron chi connectivity index (χ3n) is 3.46. The highest BCUT2D eigenvalue weighted by atomic mass is 16.5. The molecule has 0 bridgehead atoms. The minimum atomic E-state index is -0.759. The van der Waals surface area contributed by atoms with Gasteiger partial charge in [-0.15, -0.1) is 0 Å². The maximum atomic E-state index is 11.1. The number of benzene rings is 2. The van der Waals surface area contributed by atoms with Crippen molar-refractivity contribution >= 4 is 5.91 Å². The van der Waals surface area contributed by atoms with Gasteiger partial charge >= 0.3 is 0 Å². The summed E-state index contributed by atoms with van der Waals surface area (Å²) in [7, 11) is 0. The summed E-state index contributed by atoms with van der Waals surface area (Å²) in [6, 6.07) is 10.8. The lowest BCUT2D eigenvalue weighted by Crippen LogP contribution is -2.33. The third kappa shape index (κ3) is 5.83. The molecule has 1 amide bonds. The molecule has 0 aromatic heterocycles. The molecule has 2 aromatic carbocycles. The number of nitrogens with two attached hydrogens (primary N) is 1. The first-order valence-electron chi connectivity index (χ1n) is 8.02. The van der Waals surface area contributed by atoms with Gasteiger partial charge in [0.2, 0.25) is 0 Å². The average molecular weight is 362 g/mol. The van der Waals surface area contributed by atoms with Crippen LogP contribution in [-0.2, 0) is 0 Å². The summed E-state index contributed by atoms with van der Waals surface area (Å²) in [6.07, 6.45) is -0.759. The highest BCUT2D eigenvalue weighted by molar-refractivity contribution is 5.95. The molecular weight excluding hydrogens is 340 g/mol. The van der Waals surface area contributed by atoms with Gasteiger partial charge in [0.1, 0.15) is 30.8 Å². The van der Waals surface area contributed by atoms with E-state index in [4.69, 9.17) is 15.2 Å². The number of carbonyl (C=O) groups is 1. The molecule has 6 N–H and O–H groups in total. The predicted octanol–water partition coefficient (Wildman–Crippen LogP) is 0.605.